The molecule has 1 aliphatic heterocycles. The summed E-state index contributed by atoms with van der Waals surface area (Å²) in [7, 11) is 0. The number of hydrogen-bond acceptors (Lipinski definition) is 3. The lowest BCUT2D eigenvalue weighted by atomic mass is 9.71. The molecule has 17 heavy (non-hydrogen) atoms. The molecule has 0 bridgehead atoms. The molecule has 4 heteroatoms. The first kappa shape index (κ1) is 11.6. The van der Waals surface area contributed by atoms with E-state index in [0.717, 1.165) is 12.0 Å². The van der Waals surface area contributed by atoms with Crippen LogP contribution in [0, 0.1) is 0 Å². The molecule has 1 N–H and O–H groups in total. The van der Waals surface area contributed by atoms with Gasteiger partial charge in [0.2, 0.25) is 5.91 Å². The number of nitrogens with one attached hydrogen (secondary N) is 1. The molecule has 1 aromatic heterocycles. The summed E-state index contributed by atoms with van der Waals surface area (Å²) in [6.07, 6.45) is 6.39. The van der Waals surface area contributed by atoms with Gasteiger partial charge in [-0.3, -0.25) is 9.59 Å². The molecule has 0 saturated heterocycles. The van der Waals surface area contributed by atoms with Crippen LogP contribution in [0.15, 0.2) is 28.9 Å². The number of carbonyl (C=O) groups excluding carboxylic acids is 2. The quantitative estimate of drug-likeness (QED) is 0.810. The molecule has 1 amide bonds. The summed E-state index contributed by atoms with van der Waals surface area (Å²) in [6.45, 7) is 3.96. The first-order valence-corrected chi connectivity index (χ1v) is 5.67. The predicted octanol–water partition coefficient (Wildman–Crippen LogP) is 1.81. The SMILES string of the molecule is CCC1(c2ccoc2C=O)C=CC(=O)NC1C. The van der Waals surface area contributed by atoms with E-state index in [4.69, 9.17) is 4.42 Å². The van der Waals surface area contributed by atoms with E-state index < -0.39 is 0 Å². The van der Waals surface area contributed by atoms with Crippen molar-refractivity contribution in [1.29, 1.82) is 0 Å². The van der Waals surface area contributed by atoms with E-state index in [2.05, 4.69) is 5.32 Å². The molecule has 0 spiro atoms. The third-order valence-corrected chi connectivity index (χ3v) is 3.55. The van der Waals surface area contributed by atoms with Crippen LogP contribution in [-0.4, -0.2) is 18.2 Å². The van der Waals surface area contributed by atoms with Crippen molar-refractivity contribution in [2.45, 2.75) is 31.7 Å². The zero-order valence-corrected chi connectivity index (χ0v) is 9.90. The zero-order valence-electron chi connectivity index (χ0n) is 9.90. The molecule has 0 saturated carbocycles. The Morgan fingerprint density at radius 3 is 2.94 bits per heavy atom. The Hall–Kier alpha value is -1.84. The number of amides is 1. The van der Waals surface area contributed by atoms with Crippen molar-refractivity contribution in [2.75, 3.05) is 0 Å². The van der Waals surface area contributed by atoms with Crippen LogP contribution in [0.1, 0.15) is 36.4 Å². The van der Waals surface area contributed by atoms with Gasteiger partial charge in [-0.15, -0.1) is 0 Å². The molecule has 2 heterocycles. The van der Waals surface area contributed by atoms with E-state index in [9.17, 15) is 9.59 Å². The highest BCUT2D eigenvalue weighted by Gasteiger charge is 2.39. The summed E-state index contributed by atoms with van der Waals surface area (Å²) in [6, 6.07) is 1.73. The molecule has 2 rings (SSSR count). The van der Waals surface area contributed by atoms with E-state index in [1.807, 2.05) is 19.9 Å². The molecular formula is C13H15NO3. The van der Waals surface area contributed by atoms with Gasteiger partial charge in [0.05, 0.1) is 6.26 Å². The Morgan fingerprint density at radius 1 is 1.59 bits per heavy atom. The van der Waals surface area contributed by atoms with Gasteiger partial charge in [0.15, 0.2) is 12.0 Å². The maximum Gasteiger partial charge on any atom is 0.243 e. The zero-order chi connectivity index (χ0) is 12.5. The predicted molar refractivity (Wildman–Crippen MR) is 62.8 cm³/mol. The second-order valence-electron chi connectivity index (χ2n) is 4.27. The average Bonchev–Trinajstić information content (AvgIpc) is 2.78. The van der Waals surface area contributed by atoms with Gasteiger partial charge in [-0.1, -0.05) is 13.0 Å². The largest absolute Gasteiger partial charge is 0.461 e. The molecule has 0 radical (unpaired) electrons. The standard InChI is InChI=1S/C13H15NO3/c1-3-13(6-4-12(16)14-9(13)2)10-5-7-17-11(10)8-15/h4-9H,3H2,1-2H3,(H,14,16). The molecule has 2 atom stereocenters. The van der Waals surface area contributed by atoms with Gasteiger partial charge in [0.25, 0.3) is 0 Å². The Morgan fingerprint density at radius 2 is 2.35 bits per heavy atom. The van der Waals surface area contributed by atoms with Crippen LogP contribution in [0.4, 0.5) is 0 Å². The summed E-state index contributed by atoms with van der Waals surface area (Å²) >= 11 is 0. The molecule has 90 valence electrons. The molecule has 1 aromatic rings. The number of rotatable bonds is 3. The van der Waals surface area contributed by atoms with Gasteiger partial charge in [0, 0.05) is 17.0 Å². The van der Waals surface area contributed by atoms with Crippen LogP contribution in [0.25, 0.3) is 0 Å². The van der Waals surface area contributed by atoms with Crippen LogP contribution in [0.5, 0.6) is 0 Å². The summed E-state index contributed by atoms with van der Waals surface area (Å²) in [5.41, 5.74) is 0.468. The highest BCUT2D eigenvalue weighted by Crippen LogP contribution is 2.37. The van der Waals surface area contributed by atoms with Gasteiger partial charge in [-0.25, -0.2) is 0 Å². The molecule has 1 aliphatic rings. The van der Waals surface area contributed by atoms with Crippen molar-refractivity contribution < 1.29 is 14.0 Å². The Bertz CT molecular complexity index is 475. The van der Waals surface area contributed by atoms with Gasteiger partial charge in [0.1, 0.15) is 0 Å². The maximum absolute atomic E-state index is 11.3. The Labute approximate surface area is 99.7 Å². The molecule has 2 unspecified atom stereocenters. The first-order valence-electron chi connectivity index (χ1n) is 5.67. The van der Waals surface area contributed by atoms with Gasteiger partial charge in [-0.05, 0) is 25.5 Å². The molecule has 0 fully saturated rings. The lowest BCUT2D eigenvalue weighted by Gasteiger charge is -2.38. The Kier molecular flexibility index (Phi) is 2.88. The normalized spacial score (nSPS) is 27.9. The van der Waals surface area contributed by atoms with E-state index >= 15 is 0 Å². The summed E-state index contributed by atoms with van der Waals surface area (Å²) in [5.74, 6) is 0.234. The fraction of sp³-hybridized carbons (Fsp3) is 0.385. The fourth-order valence-electron chi connectivity index (χ4n) is 2.49. The van der Waals surface area contributed by atoms with E-state index in [1.54, 1.807) is 6.07 Å². The topological polar surface area (TPSA) is 59.3 Å². The van der Waals surface area contributed by atoms with Crippen LogP contribution >= 0.6 is 0 Å². The van der Waals surface area contributed by atoms with Crippen LogP contribution in [-0.2, 0) is 10.2 Å². The fourth-order valence-corrected chi connectivity index (χ4v) is 2.49. The minimum atomic E-state index is -0.364. The maximum atomic E-state index is 11.3. The van der Waals surface area contributed by atoms with Crippen LogP contribution in [0.3, 0.4) is 0 Å². The number of carbonyl (C=O) groups is 2. The molecule has 4 nitrogen and oxygen atoms in total. The van der Waals surface area contributed by atoms with E-state index in [-0.39, 0.29) is 17.4 Å². The van der Waals surface area contributed by atoms with Crippen LogP contribution < -0.4 is 5.32 Å². The highest BCUT2D eigenvalue weighted by atomic mass is 16.3. The minimum absolute atomic E-state index is 0.0682. The summed E-state index contributed by atoms with van der Waals surface area (Å²) in [5, 5.41) is 2.88. The number of furan rings is 1. The lowest BCUT2D eigenvalue weighted by molar-refractivity contribution is -0.118. The summed E-state index contributed by atoms with van der Waals surface area (Å²) < 4.78 is 5.15. The third-order valence-electron chi connectivity index (χ3n) is 3.55. The number of aldehydes is 1. The number of hydrogen-bond donors (Lipinski definition) is 1. The summed E-state index contributed by atoms with van der Waals surface area (Å²) in [4.78, 5) is 22.3. The molecular weight excluding hydrogens is 218 g/mol. The second-order valence-corrected chi connectivity index (χ2v) is 4.27. The van der Waals surface area contributed by atoms with Crippen molar-refractivity contribution in [3.05, 3.63) is 35.8 Å². The Balaban J connectivity index is 2.55. The first-order chi connectivity index (χ1) is 8.14. The van der Waals surface area contributed by atoms with Crippen molar-refractivity contribution in [3.8, 4) is 0 Å². The molecule has 0 aromatic carbocycles. The monoisotopic (exact) mass is 233 g/mol. The van der Waals surface area contributed by atoms with E-state index in [1.165, 1.54) is 12.3 Å². The smallest absolute Gasteiger partial charge is 0.243 e. The van der Waals surface area contributed by atoms with Gasteiger partial charge < -0.3 is 9.73 Å². The van der Waals surface area contributed by atoms with Gasteiger partial charge in [-0.2, -0.15) is 0 Å². The average molecular weight is 233 g/mol. The molecule has 0 aliphatic carbocycles. The van der Waals surface area contributed by atoms with Crippen molar-refractivity contribution in [1.82, 2.24) is 5.32 Å². The second kappa shape index (κ2) is 4.20. The van der Waals surface area contributed by atoms with Crippen LogP contribution in [0.2, 0.25) is 0 Å². The lowest BCUT2D eigenvalue weighted by Crippen LogP contribution is -2.50. The third kappa shape index (κ3) is 1.69. The minimum Gasteiger partial charge on any atom is -0.461 e. The highest BCUT2D eigenvalue weighted by molar-refractivity contribution is 5.89. The van der Waals surface area contributed by atoms with E-state index in [0.29, 0.717) is 12.0 Å². The van der Waals surface area contributed by atoms with Crippen molar-refractivity contribution in [2.24, 2.45) is 0 Å². The van der Waals surface area contributed by atoms with Crippen molar-refractivity contribution >= 4 is 12.2 Å². The van der Waals surface area contributed by atoms with Gasteiger partial charge >= 0.3 is 0 Å². The van der Waals surface area contributed by atoms with Crippen molar-refractivity contribution in [3.63, 3.8) is 0 Å².